The molecule has 0 aliphatic rings. The average molecular weight is 980 g/mol. The predicted octanol–water partition coefficient (Wildman–Crippen LogP) is 20.4. The molecule has 0 aromatic carbocycles. The van der Waals surface area contributed by atoms with Crippen molar-refractivity contribution in [1.29, 1.82) is 0 Å². The second-order valence-electron chi connectivity index (χ2n) is 20.2. The van der Waals surface area contributed by atoms with Gasteiger partial charge in [-0.05, 0) is 83.5 Å². The number of ether oxygens (including phenoxy) is 3. The van der Waals surface area contributed by atoms with Crippen LogP contribution >= 0.6 is 0 Å². The number of esters is 3. The van der Waals surface area contributed by atoms with Crippen LogP contribution in [0.3, 0.4) is 0 Å². The van der Waals surface area contributed by atoms with Gasteiger partial charge in [0.15, 0.2) is 6.10 Å². The van der Waals surface area contributed by atoms with Crippen molar-refractivity contribution in [2.45, 2.75) is 316 Å². The smallest absolute Gasteiger partial charge is 0.306 e. The molecule has 6 nitrogen and oxygen atoms in total. The molecule has 0 spiro atoms. The first-order valence-corrected chi connectivity index (χ1v) is 30.3. The lowest BCUT2D eigenvalue weighted by molar-refractivity contribution is -0.167. The summed E-state index contributed by atoms with van der Waals surface area (Å²) in [5.74, 6) is -0.875. The SMILES string of the molecule is CC/C=C\C/C=C\C/C=C\CCCCCCCCCC(=O)OC(COC(=O)CCCCCCCCCCCC)COC(=O)CCCCCCCCCCCCCCC/C=C\C/C=C\CCCCCCC. The monoisotopic (exact) mass is 979 g/mol. The lowest BCUT2D eigenvalue weighted by Gasteiger charge is -2.18. The molecule has 1 atom stereocenters. The Kier molecular flexibility index (Phi) is 56.3. The van der Waals surface area contributed by atoms with Crippen LogP contribution < -0.4 is 0 Å². The summed E-state index contributed by atoms with van der Waals surface area (Å²) in [6.45, 7) is 6.53. The fraction of sp³-hybridized carbons (Fsp3) is 0.797. The molecule has 0 fully saturated rings. The van der Waals surface area contributed by atoms with Gasteiger partial charge in [0.05, 0.1) is 0 Å². The molecular formula is C64H114O6. The van der Waals surface area contributed by atoms with Gasteiger partial charge in [0.1, 0.15) is 13.2 Å². The lowest BCUT2D eigenvalue weighted by atomic mass is 10.0. The summed E-state index contributed by atoms with van der Waals surface area (Å²) in [6.07, 6.45) is 73.7. The van der Waals surface area contributed by atoms with Crippen LogP contribution in [0.4, 0.5) is 0 Å². The van der Waals surface area contributed by atoms with E-state index in [1.807, 2.05) is 0 Å². The van der Waals surface area contributed by atoms with Gasteiger partial charge in [-0.25, -0.2) is 0 Å². The highest BCUT2D eigenvalue weighted by Crippen LogP contribution is 2.16. The van der Waals surface area contributed by atoms with E-state index in [0.29, 0.717) is 19.3 Å². The zero-order valence-corrected chi connectivity index (χ0v) is 46.5. The minimum atomic E-state index is -0.777. The van der Waals surface area contributed by atoms with Crippen molar-refractivity contribution < 1.29 is 28.6 Å². The Hall–Kier alpha value is -2.89. The summed E-state index contributed by atoms with van der Waals surface area (Å²) in [4.78, 5) is 38.1. The maximum absolute atomic E-state index is 12.8. The summed E-state index contributed by atoms with van der Waals surface area (Å²) < 4.78 is 16.9. The molecule has 6 heteroatoms. The van der Waals surface area contributed by atoms with Gasteiger partial charge in [-0.15, -0.1) is 0 Å². The van der Waals surface area contributed by atoms with E-state index in [1.54, 1.807) is 0 Å². The molecule has 0 aliphatic carbocycles. The predicted molar refractivity (Wildman–Crippen MR) is 302 cm³/mol. The van der Waals surface area contributed by atoms with Crippen LogP contribution in [-0.2, 0) is 28.6 Å². The van der Waals surface area contributed by atoms with Crippen LogP contribution in [0, 0.1) is 0 Å². The highest BCUT2D eigenvalue weighted by molar-refractivity contribution is 5.71. The Labute approximate surface area is 434 Å². The molecular weight excluding hydrogens is 865 g/mol. The third-order valence-corrected chi connectivity index (χ3v) is 13.3. The van der Waals surface area contributed by atoms with Crippen molar-refractivity contribution in [1.82, 2.24) is 0 Å². The van der Waals surface area contributed by atoms with Crippen LogP contribution in [0.2, 0.25) is 0 Å². The number of hydrogen-bond donors (Lipinski definition) is 0. The summed E-state index contributed by atoms with van der Waals surface area (Å²) in [5, 5.41) is 0. The Bertz CT molecular complexity index is 1260. The molecule has 0 radical (unpaired) electrons. The van der Waals surface area contributed by atoms with Gasteiger partial charge in [-0.1, -0.05) is 268 Å². The molecule has 0 rings (SSSR count). The lowest BCUT2D eigenvalue weighted by Crippen LogP contribution is -2.30. The standard InChI is InChI=1S/C64H114O6/c1-4-7-10-13-16-19-22-24-26-28-29-30-31-32-33-34-35-37-38-40-42-45-48-51-54-57-63(66)69-60-61(59-68-62(65)56-53-50-47-44-21-18-15-12-9-6-3)70-64(67)58-55-52-49-46-43-41-39-36-27-25-23-20-17-14-11-8-5-2/h8,11,17,20,22,24-25,27-29,61H,4-7,9-10,12-16,18-19,21,23,26,30-60H2,1-3H3/b11-8-,20-17-,24-22-,27-25-,29-28-. The topological polar surface area (TPSA) is 78.9 Å². The van der Waals surface area contributed by atoms with E-state index >= 15 is 0 Å². The van der Waals surface area contributed by atoms with Gasteiger partial charge in [0.25, 0.3) is 0 Å². The number of carbonyl (C=O) groups is 3. The fourth-order valence-electron chi connectivity index (χ4n) is 8.72. The minimum absolute atomic E-state index is 0.0756. The molecule has 0 aromatic heterocycles. The zero-order chi connectivity index (χ0) is 50.7. The highest BCUT2D eigenvalue weighted by Gasteiger charge is 2.19. The molecule has 406 valence electrons. The molecule has 0 saturated heterocycles. The normalized spacial score (nSPS) is 12.4. The van der Waals surface area contributed by atoms with Gasteiger partial charge in [0.2, 0.25) is 0 Å². The van der Waals surface area contributed by atoms with Crippen molar-refractivity contribution in [2.24, 2.45) is 0 Å². The van der Waals surface area contributed by atoms with E-state index in [-0.39, 0.29) is 31.1 Å². The van der Waals surface area contributed by atoms with E-state index in [1.165, 1.54) is 180 Å². The maximum Gasteiger partial charge on any atom is 0.306 e. The maximum atomic E-state index is 12.8. The Morgan fingerprint density at radius 3 is 0.871 bits per heavy atom. The third-order valence-electron chi connectivity index (χ3n) is 13.3. The number of carbonyl (C=O) groups excluding carboxylic acids is 3. The molecule has 1 unspecified atom stereocenters. The molecule has 0 heterocycles. The molecule has 0 aromatic rings. The largest absolute Gasteiger partial charge is 0.462 e. The molecule has 0 aliphatic heterocycles. The Balaban J connectivity index is 4.22. The van der Waals surface area contributed by atoms with Crippen molar-refractivity contribution in [3.05, 3.63) is 60.8 Å². The fourth-order valence-corrected chi connectivity index (χ4v) is 8.72. The summed E-state index contributed by atoms with van der Waals surface area (Å²) in [6, 6.07) is 0. The number of hydrogen-bond acceptors (Lipinski definition) is 6. The third kappa shape index (κ3) is 56.0. The number of rotatable bonds is 55. The van der Waals surface area contributed by atoms with Crippen LogP contribution in [-0.4, -0.2) is 37.2 Å². The summed E-state index contributed by atoms with van der Waals surface area (Å²) in [5.41, 5.74) is 0. The van der Waals surface area contributed by atoms with Crippen molar-refractivity contribution in [3.63, 3.8) is 0 Å². The van der Waals surface area contributed by atoms with E-state index in [9.17, 15) is 14.4 Å². The average Bonchev–Trinajstić information content (AvgIpc) is 3.36. The molecule has 0 bridgehead atoms. The van der Waals surface area contributed by atoms with Crippen LogP contribution in [0.25, 0.3) is 0 Å². The first kappa shape index (κ1) is 67.1. The number of unbranched alkanes of at least 4 members (excludes halogenated alkanes) is 34. The Morgan fingerprint density at radius 2 is 0.557 bits per heavy atom. The summed E-state index contributed by atoms with van der Waals surface area (Å²) >= 11 is 0. The van der Waals surface area contributed by atoms with Gasteiger partial charge < -0.3 is 14.2 Å². The van der Waals surface area contributed by atoms with Crippen LogP contribution in [0.15, 0.2) is 60.8 Å². The van der Waals surface area contributed by atoms with E-state index in [2.05, 4.69) is 81.5 Å². The zero-order valence-electron chi connectivity index (χ0n) is 46.5. The van der Waals surface area contributed by atoms with E-state index in [0.717, 1.165) is 89.9 Å². The van der Waals surface area contributed by atoms with Crippen molar-refractivity contribution in [3.8, 4) is 0 Å². The van der Waals surface area contributed by atoms with Crippen molar-refractivity contribution in [2.75, 3.05) is 13.2 Å². The summed E-state index contributed by atoms with van der Waals surface area (Å²) in [7, 11) is 0. The van der Waals surface area contributed by atoms with Gasteiger partial charge >= 0.3 is 17.9 Å². The molecule has 0 saturated carbocycles. The quantitative estimate of drug-likeness (QED) is 0.0261. The van der Waals surface area contributed by atoms with Crippen molar-refractivity contribution >= 4 is 17.9 Å². The molecule has 70 heavy (non-hydrogen) atoms. The first-order valence-electron chi connectivity index (χ1n) is 30.3. The van der Waals surface area contributed by atoms with Gasteiger partial charge in [-0.3, -0.25) is 14.4 Å². The van der Waals surface area contributed by atoms with Crippen LogP contribution in [0.1, 0.15) is 310 Å². The van der Waals surface area contributed by atoms with Gasteiger partial charge in [-0.2, -0.15) is 0 Å². The van der Waals surface area contributed by atoms with E-state index in [4.69, 9.17) is 14.2 Å². The minimum Gasteiger partial charge on any atom is -0.462 e. The molecule has 0 amide bonds. The first-order chi connectivity index (χ1) is 34.5. The second-order valence-corrected chi connectivity index (χ2v) is 20.2. The van der Waals surface area contributed by atoms with Crippen LogP contribution in [0.5, 0.6) is 0 Å². The van der Waals surface area contributed by atoms with E-state index < -0.39 is 6.10 Å². The highest BCUT2D eigenvalue weighted by atomic mass is 16.6. The van der Waals surface area contributed by atoms with Gasteiger partial charge in [0, 0.05) is 19.3 Å². The second kappa shape index (κ2) is 58.7. The number of allylic oxidation sites excluding steroid dienone is 10. The Morgan fingerprint density at radius 1 is 0.300 bits per heavy atom. The molecule has 0 N–H and O–H groups in total.